The van der Waals surface area contributed by atoms with Gasteiger partial charge in [-0.1, -0.05) is 19.1 Å². The minimum Gasteiger partial charge on any atom is -0.353 e. The van der Waals surface area contributed by atoms with Crippen LogP contribution in [0.5, 0.6) is 0 Å². The highest BCUT2D eigenvalue weighted by molar-refractivity contribution is 5.79. The Labute approximate surface area is 130 Å². The number of carbonyl (C=O) groups is 2. The summed E-state index contributed by atoms with van der Waals surface area (Å²) in [6.07, 6.45) is 3.32. The van der Waals surface area contributed by atoms with Gasteiger partial charge in [0.15, 0.2) is 0 Å². The zero-order chi connectivity index (χ0) is 15.9. The lowest BCUT2D eigenvalue weighted by atomic mass is 10.0. The third-order valence-electron chi connectivity index (χ3n) is 3.95. The standard InChI is InChI=1S/C17H23FN2O2/c1-2-3-17(22)20-10-8-15(9-11-20)19-16(21)12-13-4-6-14(18)7-5-13/h4-7,15H,2-3,8-12H2,1H3,(H,19,21). The lowest BCUT2D eigenvalue weighted by molar-refractivity contribution is -0.132. The number of hydrogen-bond acceptors (Lipinski definition) is 2. The first-order chi connectivity index (χ1) is 10.6. The van der Waals surface area contributed by atoms with Crippen LogP contribution in [0.3, 0.4) is 0 Å². The van der Waals surface area contributed by atoms with Gasteiger partial charge < -0.3 is 10.2 Å². The van der Waals surface area contributed by atoms with Crippen LogP contribution in [0, 0.1) is 5.82 Å². The van der Waals surface area contributed by atoms with Crippen LogP contribution in [0.15, 0.2) is 24.3 Å². The topological polar surface area (TPSA) is 49.4 Å². The average Bonchev–Trinajstić information content (AvgIpc) is 2.50. The molecular formula is C17H23FN2O2. The molecule has 1 fully saturated rings. The van der Waals surface area contributed by atoms with Gasteiger partial charge in [0.2, 0.25) is 11.8 Å². The van der Waals surface area contributed by atoms with Crippen molar-refractivity contribution in [3.8, 4) is 0 Å². The minimum atomic E-state index is -0.298. The molecule has 0 spiro atoms. The number of piperidine rings is 1. The largest absolute Gasteiger partial charge is 0.353 e. The molecule has 0 unspecified atom stereocenters. The number of nitrogens with one attached hydrogen (secondary N) is 1. The summed E-state index contributed by atoms with van der Waals surface area (Å²) in [4.78, 5) is 25.7. The molecule has 1 aliphatic heterocycles. The maximum absolute atomic E-state index is 12.8. The SMILES string of the molecule is CCCC(=O)N1CCC(NC(=O)Cc2ccc(F)cc2)CC1. The molecular weight excluding hydrogens is 283 g/mol. The van der Waals surface area contributed by atoms with Gasteiger partial charge in [0.1, 0.15) is 5.82 Å². The van der Waals surface area contributed by atoms with Crippen LogP contribution in [0.1, 0.15) is 38.2 Å². The maximum atomic E-state index is 12.8. The van der Waals surface area contributed by atoms with Gasteiger partial charge in [0.05, 0.1) is 6.42 Å². The van der Waals surface area contributed by atoms with Crippen LogP contribution < -0.4 is 5.32 Å². The number of benzene rings is 1. The van der Waals surface area contributed by atoms with Gasteiger partial charge in [0.25, 0.3) is 0 Å². The Hall–Kier alpha value is -1.91. The van der Waals surface area contributed by atoms with Gasteiger partial charge in [0, 0.05) is 25.6 Å². The van der Waals surface area contributed by atoms with Gasteiger partial charge in [-0.05, 0) is 37.0 Å². The molecule has 0 saturated carbocycles. The second kappa shape index (κ2) is 7.92. The zero-order valence-electron chi connectivity index (χ0n) is 13.0. The van der Waals surface area contributed by atoms with E-state index in [2.05, 4.69) is 5.32 Å². The lowest BCUT2D eigenvalue weighted by Gasteiger charge is -2.32. The van der Waals surface area contributed by atoms with E-state index < -0.39 is 0 Å². The molecule has 22 heavy (non-hydrogen) atoms. The van der Waals surface area contributed by atoms with Crippen LogP contribution in [0.2, 0.25) is 0 Å². The van der Waals surface area contributed by atoms with Crippen molar-refractivity contribution in [1.29, 1.82) is 0 Å². The van der Waals surface area contributed by atoms with Gasteiger partial charge in [-0.25, -0.2) is 4.39 Å². The summed E-state index contributed by atoms with van der Waals surface area (Å²) >= 11 is 0. The first-order valence-corrected chi connectivity index (χ1v) is 7.90. The van der Waals surface area contributed by atoms with Crippen LogP contribution in [-0.2, 0) is 16.0 Å². The van der Waals surface area contributed by atoms with Crippen molar-refractivity contribution >= 4 is 11.8 Å². The Bertz CT molecular complexity index is 508. The highest BCUT2D eigenvalue weighted by atomic mass is 19.1. The van der Waals surface area contributed by atoms with Crippen molar-refractivity contribution in [3.05, 3.63) is 35.6 Å². The van der Waals surface area contributed by atoms with Crippen molar-refractivity contribution in [2.45, 2.75) is 45.1 Å². The summed E-state index contributed by atoms with van der Waals surface area (Å²) in [7, 11) is 0. The Kier molecular flexibility index (Phi) is 5.92. The molecule has 0 atom stereocenters. The second-order valence-corrected chi connectivity index (χ2v) is 5.78. The van der Waals surface area contributed by atoms with Gasteiger partial charge in [-0.3, -0.25) is 9.59 Å². The van der Waals surface area contributed by atoms with Crippen molar-refractivity contribution in [3.63, 3.8) is 0 Å². The molecule has 0 aromatic heterocycles. The van der Waals surface area contributed by atoms with E-state index in [9.17, 15) is 14.0 Å². The number of hydrogen-bond donors (Lipinski definition) is 1. The smallest absolute Gasteiger partial charge is 0.224 e. The molecule has 1 saturated heterocycles. The second-order valence-electron chi connectivity index (χ2n) is 5.78. The van der Waals surface area contributed by atoms with Gasteiger partial charge in [-0.15, -0.1) is 0 Å². The van der Waals surface area contributed by atoms with E-state index in [-0.39, 0.29) is 30.1 Å². The van der Waals surface area contributed by atoms with E-state index >= 15 is 0 Å². The monoisotopic (exact) mass is 306 g/mol. The summed E-state index contributed by atoms with van der Waals surface area (Å²) in [6, 6.07) is 6.10. The molecule has 2 rings (SSSR count). The van der Waals surface area contributed by atoms with Crippen LogP contribution in [-0.4, -0.2) is 35.8 Å². The summed E-state index contributed by atoms with van der Waals surface area (Å²) in [5, 5.41) is 3.00. The highest BCUT2D eigenvalue weighted by Crippen LogP contribution is 2.12. The number of amides is 2. The predicted octanol–water partition coefficient (Wildman–Crippen LogP) is 2.28. The number of halogens is 1. The van der Waals surface area contributed by atoms with Crippen molar-refractivity contribution in [2.75, 3.05) is 13.1 Å². The van der Waals surface area contributed by atoms with E-state index in [0.29, 0.717) is 19.5 Å². The number of carbonyl (C=O) groups excluding carboxylic acids is 2. The first-order valence-electron chi connectivity index (χ1n) is 7.90. The predicted molar refractivity (Wildman–Crippen MR) is 82.8 cm³/mol. The number of nitrogens with zero attached hydrogens (tertiary/aromatic N) is 1. The van der Waals surface area contributed by atoms with E-state index in [0.717, 1.165) is 24.8 Å². The fraction of sp³-hybridized carbons (Fsp3) is 0.529. The lowest BCUT2D eigenvalue weighted by Crippen LogP contribution is -2.46. The molecule has 0 aliphatic carbocycles. The molecule has 4 nitrogen and oxygen atoms in total. The molecule has 1 heterocycles. The van der Waals surface area contributed by atoms with Crippen LogP contribution >= 0.6 is 0 Å². The van der Waals surface area contributed by atoms with E-state index in [4.69, 9.17) is 0 Å². The maximum Gasteiger partial charge on any atom is 0.224 e. The molecule has 2 amide bonds. The summed E-state index contributed by atoms with van der Waals surface area (Å²) in [5.41, 5.74) is 0.800. The van der Waals surface area contributed by atoms with Crippen LogP contribution in [0.4, 0.5) is 4.39 Å². The van der Waals surface area contributed by atoms with Crippen molar-refractivity contribution in [1.82, 2.24) is 10.2 Å². The molecule has 1 N–H and O–H groups in total. The fourth-order valence-corrected chi connectivity index (χ4v) is 2.71. The number of likely N-dealkylation sites (tertiary alicyclic amines) is 1. The Morgan fingerprint density at radius 3 is 2.45 bits per heavy atom. The Morgan fingerprint density at radius 1 is 1.23 bits per heavy atom. The molecule has 5 heteroatoms. The average molecular weight is 306 g/mol. The van der Waals surface area contributed by atoms with Crippen molar-refractivity contribution < 1.29 is 14.0 Å². The van der Waals surface area contributed by atoms with E-state index in [1.54, 1.807) is 12.1 Å². The zero-order valence-corrected chi connectivity index (χ0v) is 13.0. The third-order valence-corrected chi connectivity index (χ3v) is 3.95. The molecule has 0 bridgehead atoms. The quantitative estimate of drug-likeness (QED) is 0.907. The van der Waals surface area contributed by atoms with E-state index in [1.165, 1.54) is 12.1 Å². The minimum absolute atomic E-state index is 0.0510. The third kappa shape index (κ3) is 4.83. The summed E-state index contributed by atoms with van der Waals surface area (Å²) in [5.74, 6) is -0.142. The molecule has 1 aliphatic rings. The summed E-state index contributed by atoms with van der Waals surface area (Å²) < 4.78 is 12.8. The Morgan fingerprint density at radius 2 is 1.86 bits per heavy atom. The fourth-order valence-electron chi connectivity index (χ4n) is 2.71. The number of rotatable bonds is 5. The van der Waals surface area contributed by atoms with Gasteiger partial charge >= 0.3 is 0 Å². The van der Waals surface area contributed by atoms with Gasteiger partial charge in [-0.2, -0.15) is 0 Å². The highest BCUT2D eigenvalue weighted by Gasteiger charge is 2.23. The first kappa shape index (κ1) is 16.5. The van der Waals surface area contributed by atoms with Crippen LogP contribution in [0.25, 0.3) is 0 Å². The van der Waals surface area contributed by atoms with E-state index in [1.807, 2.05) is 11.8 Å². The normalized spacial score (nSPS) is 15.6. The molecule has 120 valence electrons. The summed E-state index contributed by atoms with van der Waals surface area (Å²) in [6.45, 7) is 3.42. The van der Waals surface area contributed by atoms with Crippen molar-refractivity contribution in [2.24, 2.45) is 0 Å². The molecule has 1 aromatic carbocycles. The molecule has 1 aromatic rings. The molecule has 0 radical (unpaired) electrons. The Balaban J connectivity index is 1.74.